The minimum atomic E-state index is -0.464. The normalized spacial score (nSPS) is 12.2. The lowest BCUT2D eigenvalue weighted by molar-refractivity contribution is 0.198. The number of anilines is 1. The molecule has 0 saturated heterocycles. The van der Waals surface area contributed by atoms with Crippen LogP contribution < -0.4 is 4.90 Å². The highest BCUT2D eigenvalue weighted by atomic mass is 79.9. The Hall–Kier alpha value is -1.39. The van der Waals surface area contributed by atoms with Crippen molar-refractivity contribution in [3.05, 3.63) is 58.3 Å². The molecule has 2 aromatic rings. The second kappa shape index (κ2) is 6.86. The zero-order valence-electron chi connectivity index (χ0n) is 11.8. The van der Waals surface area contributed by atoms with E-state index in [1.807, 2.05) is 30.6 Å². The molecular weight excluding hydrogens is 316 g/mol. The quantitative estimate of drug-likeness (QED) is 0.900. The average Bonchev–Trinajstić information content (AvgIpc) is 2.45. The number of pyridine rings is 1. The molecule has 0 aliphatic carbocycles. The number of nitrogens with zero attached hydrogens (tertiary/aromatic N) is 2. The largest absolute Gasteiger partial charge is 0.389 e. The van der Waals surface area contributed by atoms with Crippen LogP contribution in [-0.2, 0) is 6.54 Å². The molecule has 0 amide bonds. The highest BCUT2D eigenvalue weighted by Gasteiger charge is 2.10. The van der Waals surface area contributed by atoms with Crippen molar-refractivity contribution < 1.29 is 5.11 Å². The maximum absolute atomic E-state index is 9.68. The van der Waals surface area contributed by atoms with Crippen LogP contribution in [0.4, 0.5) is 5.69 Å². The first-order valence-corrected chi connectivity index (χ1v) is 7.52. The summed E-state index contributed by atoms with van der Waals surface area (Å²) in [5.41, 5.74) is 3.28. The number of halogens is 1. The van der Waals surface area contributed by atoms with Gasteiger partial charge in [-0.1, -0.05) is 22.0 Å². The van der Waals surface area contributed by atoms with E-state index < -0.39 is 6.10 Å². The van der Waals surface area contributed by atoms with Gasteiger partial charge < -0.3 is 10.0 Å². The third kappa shape index (κ3) is 3.58. The molecule has 0 fully saturated rings. The van der Waals surface area contributed by atoms with Gasteiger partial charge in [-0.25, -0.2) is 0 Å². The van der Waals surface area contributed by atoms with Gasteiger partial charge in [-0.3, -0.25) is 4.98 Å². The number of benzene rings is 1. The lowest BCUT2D eigenvalue weighted by Gasteiger charge is -2.24. The molecule has 0 spiro atoms. The molecule has 0 aliphatic rings. The molecule has 1 atom stereocenters. The summed E-state index contributed by atoms with van der Waals surface area (Å²) in [6.45, 7) is 5.67. The Morgan fingerprint density at radius 2 is 1.95 bits per heavy atom. The van der Waals surface area contributed by atoms with Crippen molar-refractivity contribution in [2.75, 3.05) is 11.4 Å². The molecule has 2 rings (SSSR count). The number of rotatable bonds is 5. The second-order valence-electron chi connectivity index (χ2n) is 4.75. The predicted molar refractivity (Wildman–Crippen MR) is 85.7 cm³/mol. The van der Waals surface area contributed by atoms with Crippen LogP contribution in [0.2, 0.25) is 0 Å². The van der Waals surface area contributed by atoms with Crippen molar-refractivity contribution in [1.29, 1.82) is 0 Å². The topological polar surface area (TPSA) is 36.4 Å². The smallest absolute Gasteiger partial charge is 0.0772 e. The van der Waals surface area contributed by atoms with Gasteiger partial charge in [0.1, 0.15) is 0 Å². The van der Waals surface area contributed by atoms with Gasteiger partial charge in [0, 0.05) is 35.6 Å². The van der Waals surface area contributed by atoms with Gasteiger partial charge in [-0.2, -0.15) is 0 Å². The molecule has 4 heteroatoms. The monoisotopic (exact) mass is 334 g/mol. The summed E-state index contributed by atoms with van der Waals surface area (Å²) < 4.78 is 0.943. The van der Waals surface area contributed by atoms with E-state index in [2.05, 4.69) is 44.9 Å². The first-order valence-electron chi connectivity index (χ1n) is 6.73. The zero-order valence-corrected chi connectivity index (χ0v) is 13.3. The molecule has 1 aromatic carbocycles. The van der Waals surface area contributed by atoms with Crippen LogP contribution in [0.15, 0.2) is 47.2 Å². The van der Waals surface area contributed by atoms with E-state index in [-0.39, 0.29) is 0 Å². The Kier molecular flexibility index (Phi) is 5.15. The molecule has 20 heavy (non-hydrogen) atoms. The van der Waals surface area contributed by atoms with Gasteiger partial charge >= 0.3 is 0 Å². The number of aromatic nitrogens is 1. The highest BCUT2D eigenvalue weighted by Crippen LogP contribution is 2.28. The minimum Gasteiger partial charge on any atom is -0.389 e. The summed E-state index contributed by atoms with van der Waals surface area (Å²) in [7, 11) is 0. The minimum absolute atomic E-state index is 0.464. The summed E-state index contributed by atoms with van der Waals surface area (Å²) in [5, 5.41) is 9.68. The molecule has 0 unspecified atom stereocenters. The van der Waals surface area contributed by atoms with E-state index in [9.17, 15) is 5.11 Å². The third-order valence-electron chi connectivity index (χ3n) is 3.30. The predicted octanol–water partition coefficient (Wildman–Crippen LogP) is 3.92. The van der Waals surface area contributed by atoms with Crippen LogP contribution in [0, 0.1) is 0 Å². The van der Waals surface area contributed by atoms with Crippen molar-refractivity contribution in [3.8, 4) is 0 Å². The molecule has 0 radical (unpaired) electrons. The highest BCUT2D eigenvalue weighted by molar-refractivity contribution is 9.10. The van der Waals surface area contributed by atoms with Crippen LogP contribution in [0.5, 0.6) is 0 Å². The van der Waals surface area contributed by atoms with Gasteiger partial charge in [-0.05, 0) is 49.2 Å². The van der Waals surface area contributed by atoms with E-state index in [0.29, 0.717) is 0 Å². The Balaban J connectivity index is 2.22. The molecule has 0 saturated carbocycles. The first-order chi connectivity index (χ1) is 9.61. The fraction of sp³-hybridized carbons (Fsp3) is 0.312. The lowest BCUT2D eigenvalue weighted by atomic mass is 10.1. The Bertz CT molecular complexity index is 558. The molecule has 1 N–H and O–H groups in total. The number of hydrogen-bond acceptors (Lipinski definition) is 3. The van der Waals surface area contributed by atoms with Crippen LogP contribution >= 0.6 is 15.9 Å². The van der Waals surface area contributed by atoms with E-state index in [0.717, 1.165) is 28.8 Å². The molecular formula is C16H19BrN2O. The van der Waals surface area contributed by atoms with E-state index in [4.69, 9.17) is 0 Å². The standard InChI is InChI=1S/C16H19BrN2O/c1-3-19(11-13-6-8-18-9-7-13)14-4-5-15(12(2)20)16(17)10-14/h4-10,12,20H,3,11H2,1-2H3/t12-/m0/s1. The summed E-state index contributed by atoms with van der Waals surface area (Å²) in [6.07, 6.45) is 3.17. The maximum Gasteiger partial charge on any atom is 0.0772 e. The molecule has 3 nitrogen and oxygen atoms in total. The van der Waals surface area contributed by atoms with Crippen molar-refractivity contribution in [2.24, 2.45) is 0 Å². The van der Waals surface area contributed by atoms with E-state index in [1.165, 1.54) is 5.56 Å². The first kappa shape index (κ1) is 15.0. The van der Waals surface area contributed by atoms with Gasteiger partial charge in [0.05, 0.1) is 6.10 Å². The molecule has 0 bridgehead atoms. The van der Waals surface area contributed by atoms with Crippen molar-refractivity contribution in [1.82, 2.24) is 4.98 Å². The van der Waals surface area contributed by atoms with Crippen LogP contribution in [0.25, 0.3) is 0 Å². The maximum atomic E-state index is 9.68. The van der Waals surface area contributed by atoms with Crippen LogP contribution in [0.1, 0.15) is 31.1 Å². The summed E-state index contributed by atoms with van der Waals surface area (Å²) >= 11 is 3.53. The van der Waals surface area contributed by atoms with Gasteiger partial charge in [0.15, 0.2) is 0 Å². The van der Waals surface area contributed by atoms with Crippen LogP contribution in [0.3, 0.4) is 0 Å². The number of hydrogen-bond donors (Lipinski definition) is 1. The number of aliphatic hydroxyl groups is 1. The molecule has 1 aromatic heterocycles. The molecule has 0 aliphatic heterocycles. The summed E-state index contributed by atoms with van der Waals surface area (Å²) in [6, 6.07) is 10.1. The summed E-state index contributed by atoms with van der Waals surface area (Å²) in [5.74, 6) is 0. The van der Waals surface area contributed by atoms with E-state index >= 15 is 0 Å². The zero-order chi connectivity index (χ0) is 14.5. The molecule has 106 valence electrons. The fourth-order valence-electron chi connectivity index (χ4n) is 2.15. The lowest BCUT2D eigenvalue weighted by Crippen LogP contribution is -2.22. The molecule has 1 heterocycles. The van der Waals surface area contributed by atoms with Crippen molar-refractivity contribution in [3.63, 3.8) is 0 Å². The van der Waals surface area contributed by atoms with Gasteiger partial charge in [0.2, 0.25) is 0 Å². The summed E-state index contributed by atoms with van der Waals surface area (Å²) in [4.78, 5) is 6.33. The Morgan fingerprint density at radius 3 is 2.50 bits per heavy atom. The Labute approximate surface area is 128 Å². The number of aliphatic hydroxyl groups excluding tert-OH is 1. The Morgan fingerprint density at radius 1 is 1.25 bits per heavy atom. The van der Waals surface area contributed by atoms with Crippen LogP contribution in [-0.4, -0.2) is 16.6 Å². The van der Waals surface area contributed by atoms with Gasteiger partial charge in [0.25, 0.3) is 0 Å². The van der Waals surface area contributed by atoms with E-state index in [1.54, 1.807) is 6.92 Å². The van der Waals surface area contributed by atoms with Crippen molar-refractivity contribution >= 4 is 21.6 Å². The van der Waals surface area contributed by atoms with Gasteiger partial charge in [-0.15, -0.1) is 0 Å². The second-order valence-corrected chi connectivity index (χ2v) is 5.61. The average molecular weight is 335 g/mol. The van der Waals surface area contributed by atoms with Crippen molar-refractivity contribution in [2.45, 2.75) is 26.5 Å². The third-order valence-corrected chi connectivity index (χ3v) is 3.99. The fourth-order valence-corrected chi connectivity index (χ4v) is 2.84. The SMILES string of the molecule is CCN(Cc1ccncc1)c1ccc([C@H](C)O)c(Br)c1.